The second-order valence-electron chi connectivity index (χ2n) is 10.6. The van der Waals surface area contributed by atoms with Gasteiger partial charge in [0.25, 0.3) is 5.91 Å². The van der Waals surface area contributed by atoms with Crippen LogP contribution in [-0.2, 0) is 19.0 Å². The minimum atomic E-state index is -0.787. The number of benzene rings is 1. The van der Waals surface area contributed by atoms with Crippen LogP contribution in [-0.4, -0.2) is 85.6 Å². The van der Waals surface area contributed by atoms with Crippen LogP contribution in [0.15, 0.2) is 24.3 Å². The molecule has 198 valence electrons. The summed E-state index contributed by atoms with van der Waals surface area (Å²) < 4.78 is 23.4. The summed E-state index contributed by atoms with van der Waals surface area (Å²) in [5.74, 6) is -0.140. The number of hydrogen-bond donors (Lipinski definition) is 2. The molecule has 10 nitrogen and oxygen atoms in total. The first-order valence-corrected chi connectivity index (χ1v) is 12.6. The number of nitrogens with zero attached hydrogens (tertiary/aromatic N) is 1. The lowest BCUT2D eigenvalue weighted by Gasteiger charge is -2.36. The maximum atomic E-state index is 13.3. The van der Waals surface area contributed by atoms with Crippen LogP contribution in [0.3, 0.4) is 0 Å². The fraction of sp³-hybridized carbons (Fsp3) is 0.654. The number of rotatable bonds is 1. The van der Waals surface area contributed by atoms with Gasteiger partial charge in [-0.25, -0.2) is 4.79 Å². The van der Waals surface area contributed by atoms with Crippen molar-refractivity contribution in [3.63, 3.8) is 0 Å². The van der Waals surface area contributed by atoms with E-state index in [0.717, 1.165) is 12.8 Å². The highest BCUT2D eigenvalue weighted by Gasteiger charge is 2.43. The minimum Gasteiger partial charge on any atom is -0.493 e. The topological polar surface area (TPSA) is 115 Å². The van der Waals surface area contributed by atoms with E-state index < -0.39 is 23.8 Å². The van der Waals surface area contributed by atoms with Gasteiger partial charge in [-0.2, -0.15) is 0 Å². The zero-order valence-corrected chi connectivity index (χ0v) is 21.5. The number of likely N-dealkylation sites (tertiary alicyclic amines) is 1. The van der Waals surface area contributed by atoms with E-state index >= 15 is 0 Å². The van der Waals surface area contributed by atoms with E-state index in [1.165, 1.54) is 4.90 Å². The molecule has 3 heterocycles. The van der Waals surface area contributed by atoms with E-state index in [-0.39, 0.29) is 49.6 Å². The zero-order chi connectivity index (χ0) is 25.9. The Balaban J connectivity index is 1.60. The molecule has 3 aliphatic heterocycles. The number of nitrogens with one attached hydrogen (secondary N) is 2. The van der Waals surface area contributed by atoms with Crippen LogP contribution in [0.5, 0.6) is 5.75 Å². The average molecular weight is 504 g/mol. The number of hydrogen-bond acceptors (Lipinski definition) is 7. The van der Waals surface area contributed by atoms with Gasteiger partial charge in [0.1, 0.15) is 23.5 Å². The maximum absolute atomic E-state index is 13.3. The van der Waals surface area contributed by atoms with Crippen molar-refractivity contribution in [1.82, 2.24) is 15.5 Å². The van der Waals surface area contributed by atoms with Crippen molar-refractivity contribution in [3.05, 3.63) is 29.8 Å². The van der Waals surface area contributed by atoms with Gasteiger partial charge in [0.15, 0.2) is 0 Å². The number of fused-ring (bicyclic) bond motifs is 5. The van der Waals surface area contributed by atoms with E-state index in [9.17, 15) is 14.4 Å². The zero-order valence-electron chi connectivity index (χ0n) is 21.5. The number of ether oxygens (including phenoxy) is 4. The molecule has 36 heavy (non-hydrogen) atoms. The third-order valence-electron chi connectivity index (χ3n) is 6.73. The molecule has 5 atom stereocenters. The van der Waals surface area contributed by atoms with E-state index in [0.29, 0.717) is 24.3 Å². The molecule has 0 aliphatic carbocycles. The minimum absolute atomic E-state index is 0.0543. The summed E-state index contributed by atoms with van der Waals surface area (Å²) in [5.41, 5.74) is -0.315. The first-order chi connectivity index (χ1) is 17.1. The largest absolute Gasteiger partial charge is 0.493 e. The summed E-state index contributed by atoms with van der Waals surface area (Å²) in [6.45, 7) is 6.13. The lowest BCUT2D eigenvalue weighted by atomic mass is 9.99. The van der Waals surface area contributed by atoms with Gasteiger partial charge in [-0.15, -0.1) is 0 Å². The highest BCUT2D eigenvalue weighted by atomic mass is 16.6. The van der Waals surface area contributed by atoms with Crippen molar-refractivity contribution in [2.45, 2.75) is 82.5 Å². The third kappa shape index (κ3) is 6.28. The monoisotopic (exact) mass is 503 g/mol. The molecular formula is C26H37N3O7. The summed E-state index contributed by atoms with van der Waals surface area (Å²) in [4.78, 5) is 40.8. The summed E-state index contributed by atoms with van der Waals surface area (Å²) in [6, 6.07) is 5.85. The van der Waals surface area contributed by atoms with Crippen molar-refractivity contribution in [2.24, 2.45) is 0 Å². The van der Waals surface area contributed by atoms with Crippen LogP contribution in [0.4, 0.5) is 4.79 Å². The van der Waals surface area contributed by atoms with Gasteiger partial charge in [-0.3, -0.25) is 14.5 Å². The molecule has 0 radical (unpaired) electrons. The Bertz CT molecular complexity index is 963. The van der Waals surface area contributed by atoms with Crippen LogP contribution < -0.4 is 15.4 Å². The Morgan fingerprint density at radius 3 is 2.67 bits per heavy atom. The molecule has 10 heteroatoms. The molecule has 2 fully saturated rings. The van der Waals surface area contributed by atoms with Crippen LogP contribution in [0.1, 0.15) is 56.8 Å². The Labute approximate surface area is 212 Å². The Hall–Kier alpha value is -2.85. The molecule has 0 spiro atoms. The highest BCUT2D eigenvalue weighted by molar-refractivity contribution is 5.97. The van der Waals surface area contributed by atoms with Crippen LogP contribution in [0.2, 0.25) is 0 Å². The van der Waals surface area contributed by atoms with Gasteiger partial charge in [0, 0.05) is 32.7 Å². The van der Waals surface area contributed by atoms with Gasteiger partial charge in [0.2, 0.25) is 5.91 Å². The molecule has 3 aliphatic rings. The van der Waals surface area contributed by atoms with Crippen LogP contribution >= 0.6 is 0 Å². The molecule has 4 bridgehead atoms. The van der Waals surface area contributed by atoms with E-state index in [1.807, 2.05) is 6.07 Å². The Morgan fingerprint density at radius 2 is 1.92 bits per heavy atom. The summed E-state index contributed by atoms with van der Waals surface area (Å²) >= 11 is 0. The summed E-state index contributed by atoms with van der Waals surface area (Å²) in [6.07, 6.45) is 1.42. The first kappa shape index (κ1) is 26.2. The predicted octanol–water partition coefficient (Wildman–Crippen LogP) is 2.26. The molecule has 0 aromatic heterocycles. The van der Waals surface area contributed by atoms with Gasteiger partial charge in [-0.05, 0) is 52.2 Å². The lowest BCUT2D eigenvalue weighted by molar-refractivity contribution is -0.138. The van der Waals surface area contributed by atoms with Gasteiger partial charge in [0.05, 0.1) is 24.4 Å². The number of para-hydroxylation sites is 1. The van der Waals surface area contributed by atoms with Crippen molar-refractivity contribution in [2.75, 3.05) is 26.8 Å². The van der Waals surface area contributed by atoms with Crippen molar-refractivity contribution >= 4 is 17.9 Å². The maximum Gasteiger partial charge on any atom is 0.411 e. The molecular weight excluding hydrogens is 466 g/mol. The number of methoxy groups -OCH3 is 1. The SMILES string of the molecule is CO[C@H]1CC[C@H]2CCOc3ccccc3C(=O)N[C@H]3C[C@@H](C(=O)NC[C@H]1O2)N(C(=O)OC(C)(C)C)C3. The lowest BCUT2D eigenvalue weighted by Crippen LogP contribution is -2.52. The fourth-order valence-electron chi connectivity index (χ4n) is 4.97. The first-order valence-electron chi connectivity index (χ1n) is 12.6. The van der Waals surface area contributed by atoms with E-state index in [2.05, 4.69) is 10.6 Å². The van der Waals surface area contributed by atoms with E-state index in [4.69, 9.17) is 18.9 Å². The van der Waals surface area contributed by atoms with E-state index in [1.54, 1.807) is 46.1 Å². The molecule has 1 aromatic rings. The van der Waals surface area contributed by atoms with Gasteiger partial charge in [-0.1, -0.05) is 12.1 Å². The van der Waals surface area contributed by atoms with Crippen molar-refractivity contribution < 1.29 is 33.3 Å². The molecule has 0 saturated carbocycles. The second kappa shape index (κ2) is 11.0. The Kier molecular flexibility index (Phi) is 8.04. The molecule has 4 rings (SSSR count). The predicted molar refractivity (Wildman–Crippen MR) is 131 cm³/mol. The standard InChI is InChI=1S/C26H37N3O7/c1-26(2,3)36-25(32)29-15-16-13-19(29)24(31)27-14-22-21(33-4)10-9-17(35-22)11-12-34-20-8-6-5-7-18(20)23(30)28-16/h5-8,16-17,19,21-22H,9-15H2,1-4H3,(H,27,31)(H,28,30)/t16-,17-,19-,21-,22+/m0/s1. The molecule has 2 N–H and O–H groups in total. The third-order valence-corrected chi connectivity index (χ3v) is 6.73. The smallest absolute Gasteiger partial charge is 0.411 e. The normalized spacial score (nSPS) is 29.4. The molecule has 2 saturated heterocycles. The quantitative estimate of drug-likeness (QED) is 0.604. The van der Waals surface area contributed by atoms with Gasteiger partial charge >= 0.3 is 6.09 Å². The number of carbonyl (C=O) groups excluding carboxylic acids is 3. The van der Waals surface area contributed by atoms with Crippen LogP contribution in [0.25, 0.3) is 0 Å². The summed E-state index contributed by atoms with van der Waals surface area (Å²) in [7, 11) is 1.64. The highest BCUT2D eigenvalue weighted by Crippen LogP contribution is 2.27. The van der Waals surface area contributed by atoms with Gasteiger partial charge < -0.3 is 29.6 Å². The van der Waals surface area contributed by atoms with Crippen molar-refractivity contribution in [1.29, 1.82) is 0 Å². The molecule has 1 aromatic carbocycles. The number of carbonyl (C=O) groups is 3. The number of amides is 3. The van der Waals surface area contributed by atoms with Crippen molar-refractivity contribution in [3.8, 4) is 5.75 Å². The Morgan fingerprint density at radius 1 is 1.14 bits per heavy atom. The second-order valence-corrected chi connectivity index (χ2v) is 10.6. The average Bonchev–Trinajstić information content (AvgIpc) is 3.25. The molecule has 3 amide bonds. The summed E-state index contributed by atoms with van der Waals surface area (Å²) in [5, 5.41) is 5.93. The van der Waals surface area contributed by atoms with Crippen LogP contribution in [0, 0.1) is 0 Å². The fourth-order valence-corrected chi connectivity index (χ4v) is 4.97. The molecule has 0 unspecified atom stereocenters.